The van der Waals surface area contributed by atoms with Crippen LogP contribution in [0, 0.1) is 3.57 Å². The molecule has 0 fully saturated rings. The number of halogens is 3. The molecule has 0 aromatic carbocycles. The fourth-order valence-electron chi connectivity index (χ4n) is 0.767. The first-order valence-corrected chi connectivity index (χ1v) is 4.36. The molecule has 72 valence electrons. The van der Waals surface area contributed by atoms with Gasteiger partial charge in [-0.15, -0.1) is 0 Å². The van der Waals surface area contributed by atoms with Gasteiger partial charge in [0, 0.05) is 6.20 Å². The van der Waals surface area contributed by atoms with E-state index >= 15 is 0 Å². The van der Waals surface area contributed by atoms with Crippen molar-refractivity contribution in [2.75, 3.05) is 0 Å². The van der Waals surface area contributed by atoms with Crippen molar-refractivity contribution in [1.29, 1.82) is 0 Å². The molecule has 7 heteroatoms. The van der Waals surface area contributed by atoms with Gasteiger partial charge >= 0.3 is 5.69 Å². The minimum Gasteiger partial charge on any atom is -0.294 e. The molecule has 0 unspecified atom stereocenters. The molecule has 0 spiro atoms. The third-order valence-corrected chi connectivity index (χ3v) is 2.07. The van der Waals surface area contributed by atoms with Crippen LogP contribution in [0.2, 0.25) is 0 Å². The van der Waals surface area contributed by atoms with E-state index in [-0.39, 0.29) is 3.57 Å². The molecule has 1 heterocycles. The fourth-order valence-corrected chi connectivity index (χ4v) is 1.24. The summed E-state index contributed by atoms with van der Waals surface area (Å²) in [4.78, 5) is 23.6. The molecule has 0 bridgehead atoms. The van der Waals surface area contributed by atoms with Gasteiger partial charge in [-0.3, -0.25) is 14.3 Å². The lowest BCUT2D eigenvalue weighted by Crippen LogP contribution is -2.32. The smallest absolute Gasteiger partial charge is 0.294 e. The Balaban J connectivity index is 3.17. The van der Waals surface area contributed by atoms with Gasteiger partial charge in [-0.2, -0.15) is 0 Å². The van der Waals surface area contributed by atoms with Crippen LogP contribution in [0.5, 0.6) is 0 Å². The Hall–Kier alpha value is -0.730. The highest BCUT2D eigenvalue weighted by Crippen LogP contribution is 1.97. The van der Waals surface area contributed by atoms with Gasteiger partial charge in [-0.25, -0.2) is 13.6 Å². The van der Waals surface area contributed by atoms with Crippen LogP contribution < -0.4 is 11.2 Å². The summed E-state index contributed by atoms with van der Waals surface area (Å²) in [6.07, 6.45) is -1.51. The van der Waals surface area contributed by atoms with Crippen molar-refractivity contribution in [2.24, 2.45) is 0 Å². The van der Waals surface area contributed by atoms with E-state index in [1.165, 1.54) is 0 Å². The summed E-state index contributed by atoms with van der Waals surface area (Å²) in [6.45, 7) is -0.703. The van der Waals surface area contributed by atoms with Crippen LogP contribution in [0.4, 0.5) is 8.78 Å². The fraction of sp³-hybridized carbons (Fsp3) is 0.333. The van der Waals surface area contributed by atoms with Crippen molar-refractivity contribution >= 4 is 22.6 Å². The van der Waals surface area contributed by atoms with E-state index in [0.29, 0.717) is 0 Å². The second-order valence-electron chi connectivity index (χ2n) is 2.28. The maximum atomic E-state index is 11.9. The van der Waals surface area contributed by atoms with Crippen molar-refractivity contribution in [2.45, 2.75) is 13.0 Å². The number of rotatable bonds is 2. The molecule has 4 nitrogen and oxygen atoms in total. The molecule has 0 amide bonds. The third kappa shape index (κ3) is 2.61. The molecule has 1 aromatic heterocycles. The number of aromatic amines is 1. The van der Waals surface area contributed by atoms with Gasteiger partial charge in [0.2, 0.25) is 0 Å². The van der Waals surface area contributed by atoms with E-state index in [1.807, 2.05) is 4.98 Å². The zero-order chi connectivity index (χ0) is 10.0. The second kappa shape index (κ2) is 3.99. The molecular weight excluding hydrogens is 297 g/mol. The molecule has 0 saturated heterocycles. The van der Waals surface area contributed by atoms with E-state index in [4.69, 9.17) is 0 Å². The number of aromatic nitrogens is 2. The Morgan fingerprint density at radius 3 is 2.69 bits per heavy atom. The highest BCUT2D eigenvalue weighted by atomic mass is 127. The number of alkyl halides is 2. The third-order valence-electron chi connectivity index (χ3n) is 1.30. The minimum absolute atomic E-state index is 0.206. The molecule has 1 aromatic rings. The largest absolute Gasteiger partial charge is 0.328 e. The van der Waals surface area contributed by atoms with Crippen molar-refractivity contribution in [3.8, 4) is 0 Å². The lowest BCUT2D eigenvalue weighted by molar-refractivity contribution is 0.124. The summed E-state index contributed by atoms with van der Waals surface area (Å²) in [7, 11) is 0. The molecule has 0 aliphatic carbocycles. The zero-order valence-corrected chi connectivity index (χ0v) is 8.42. The molecular formula is C6H5F2IN2O2. The molecule has 0 radical (unpaired) electrons. The Bertz CT molecular complexity index is 412. The van der Waals surface area contributed by atoms with Crippen molar-refractivity contribution in [3.05, 3.63) is 30.6 Å². The monoisotopic (exact) mass is 302 g/mol. The summed E-state index contributed by atoms with van der Waals surface area (Å²) in [6, 6.07) is 0. The number of hydrogen-bond donors (Lipinski definition) is 1. The normalized spacial score (nSPS) is 10.8. The minimum atomic E-state index is -2.61. The first-order valence-electron chi connectivity index (χ1n) is 3.28. The summed E-state index contributed by atoms with van der Waals surface area (Å²) in [5.74, 6) is 0. The number of nitrogens with one attached hydrogen (secondary N) is 1. The van der Waals surface area contributed by atoms with Crippen molar-refractivity contribution < 1.29 is 8.78 Å². The topological polar surface area (TPSA) is 54.9 Å². The Morgan fingerprint density at radius 2 is 2.15 bits per heavy atom. The predicted octanol–water partition coefficient (Wildman–Crippen LogP) is 0.406. The molecule has 13 heavy (non-hydrogen) atoms. The summed E-state index contributed by atoms with van der Waals surface area (Å²) >= 11 is 1.67. The van der Waals surface area contributed by atoms with Crippen LogP contribution in [0.25, 0.3) is 0 Å². The molecule has 0 aliphatic heterocycles. The lowest BCUT2D eigenvalue weighted by Gasteiger charge is -2.03. The molecule has 0 aliphatic rings. The van der Waals surface area contributed by atoms with E-state index in [1.54, 1.807) is 22.6 Å². The van der Waals surface area contributed by atoms with Gasteiger partial charge in [-0.05, 0) is 22.6 Å². The molecule has 0 atom stereocenters. The van der Waals surface area contributed by atoms with Gasteiger partial charge in [-0.1, -0.05) is 0 Å². The molecule has 1 rings (SSSR count). The maximum Gasteiger partial charge on any atom is 0.328 e. The Morgan fingerprint density at radius 1 is 1.54 bits per heavy atom. The number of hydrogen-bond acceptors (Lipinski definition) is 2. The first-order chi connectivity index (χ1) is 6.00. The summed E-state index contributed by atoms with van der Waals surface area (Å²) < 4.78 is 24.7. The van der Waals surface area contributed by atoms with Crippen LogP contribution in [-0.2, 0) is 6.54 Å². The zero-order valence-electron chi connectivity index (χ0n) is 6.26. The van der Waals surface area contributed by atoms with Crippen LogP contribution >= 0.6 is 22.6 Å². The Kier molecular flexibility index (Phi) is 3.17. The van der Waals surface area contributed by atoms with Crippen LogP contribution in [-0.4, -0.2) is 16.0 Å². The Labute approximate surface area is 84.7 Å². The van der Waals surface area contributed by atoms with Gasteiger partial charge in [0.25, 0.3) is 12.0 Å². The number of H-pyrrole nitrogens is 1. The summed E-state index contributed by atoms with van der Waals surface area (Å²) in [5, 5.41) is 0. The van der Waals surface area contributed by atoms with Gasteiger partial charge in [0.1, 0.15) is 0 Å². The lowest BCUT2D eigenvalue weighted by atomic mass is 10.6. The van der Waals surface area contributed by atoms with Crippen molar-refractivity contribution in [1.82, 2.24) is 9.55 Å². The van der Waals surface area contributed by atoms with E-state index < -0.39 is 24.2 Å². The number of nitrogens with zero attached hydrogens (tertiary/aromatic N) is 1. The molecule has 1 N–H and O–H groups in total. The quantitative estimate of drug-likeness (QED) is 0.804. The first kappa shape index (κ1) is 10.4. The van der Waals surface area contributed by atoms with Crippen molar-refractivity contribution in [3.63, 3.8) is 0 Å². The van der Waals surface area contributed by atoms with Crippen LogP contribution in [0.3, 0.4) is 0 Å². The van der Waals surface area contributed by atoms with Gasteiger partial charge in [0.05, 0.1) is 10.1 Å². The van der Waals surface area contributed by atoms with Crippen LogP contribution in [0.15, 0.2) is 15.8 Å². The average molecular weight is 302 g/mol. The van der Waals surface area contributed by atoms with E-state index in [9.17, 15) is 18.4 Å². The van der Waals surface area contributed by atoms with Gasteiger partial charge in [0.15, 0.2) is 0 Å². The SMILES string of the molecule is O=c1[nH]c(=O)n(CC(F)F)cc1I. The predicted molar refractivity (Wildman–Crippen MR) is 50.0 cm³/mol. The standard InChI is InChI=1S/C6H5F2IN2O2/c7-4(8)2-11-1-3(9)5(12)10-6(11)13/h1,4H,2H2,(H,10,12,13). The molecule has 0 saturated carbocycles. The second-order valence-corrected chi connectivity index (χ2v) is 3.44. The highest BCUT2D eigenvalue weighted by Gasteiger charge is 2.07. The maximum absolute atomic E-state index is 11.9. The van der Waals surface area contributed by atoms with Crippen LogP contribution in [0.1, 0.15) is 0 Å². The van der Waals surface area contributed by atoms with E-state index in [2.05, 4.69) is 0 Å². The summed E-state index contributed by atoms with van der Waals surface area (Å²) in [5.41, 5.74) is -1.37. The highest BCUT2D eigenvalue weighted by molar-refractivity contribution is 14.1. The average Bonchev–Trinajstić information content (AvgIpc) is 1.99. The van der Waals surface area contributed by atoms with Gasteiger partial charge < -0.3 is 0 Å². The van der Waals surface area contributed by atoms with E-state index in [0.717, 1.165) is 10.8 Å².